The topological polar surface area (TPSA) is 37.6 Å². The number of amides is 1. The van der Waals surface area contributed by atoms with E-state index in [1.165, 1.54) is 11.6 Å². The molecule has 2 aromatic carbocycles. The van der Waals surface area contributed by atoms with Crippen LogP contribution in [0.4, 0.5) is 4.39 Å². The first-order valence-corrected chi connectivity index (χ1v) is 11.1. The number of aryl methyl sites for hydroxylation is 1. The Balaban J connectivity index is 1.36. The summed E-state index contributed by atoms with van der Waals surface area (Å²) in [6.45, 7) is 2.64. The van der Waals surface area contributed by atoms with Crippen molar-refractivity contribution in [1.82, 2.24) is 14.3 Å². The molecule has 2 aromatic heterocycles. The van der Waals surface area contributed by atoms with Gasteiger partial charge in [-0.1, -0.05) is 42.0 Å². The summed E-state index contributed by atoms with van der Waals surface area (Å²) in [6.07, 6.45) is 4.75. The van der Waals surface area contributed by atoms with Crippen LogP contribution in [0.1, 0.15) is 34.5 Å². The smallest absolute Gasteiger partial charge is 0.257 e. The molecule has 152 valence electrons. The maximum absolute atomic E-state index is 14.1. The lowest BCUT2D eigenvalue weighted by molar-refractivity contribution is 0.0740. The van der Waals surface area contributed by atoms with Gasteiger partial charge in [-0.15, -0.1) is 11.3 Å². The van der Waals surface area contributed by atoms with E-state index in [1.54, 1.807) is 29.5 Å². The van der Waals surface area contributed by atoms with E-state index in [4.69, 9.17) is 4.98 Å². The van der Waals surface area contributed by atoms with Crippen LogP contribution in [-0.4, -0.2) is 32.8 Å². The van der Waals surface area contributed by atoms with Gasteiger partial charge in [-0.05, 0) is 31.9 Å². The molecule has 0 spiro atoms. The van der Waals surface area contributed by atoms with E-state index >= 15 is 0 Å². The van der Waals surface area contributed by atoms with Gasteiger partial charge in [0.2, 0.25) is 0 Å². The summed E-state index contributed by atoms with van der Waals surface area (Å²) in [4.78, 5) is 20.5. The molecular weight excluding hydrogens is 397 g/mol. The van der Waals surface area contributed by atoms with Gasteiger partial charge in [0.05, 0.1) is 11.3 Å². The molecule has 1 aliphatic carbocycles. The van der Waals surface area contributed by atoms with Crippen LogP contribution in [0, 0.1) is 12.7 Å². The van der Waals surface area contributed by atoms with Gasteiger partial charge in [0, 0.05) is 41.8 Å². The standard InChI is InChI=1S/C24H22FN3OS/c1-16-6-8-17(9-7-16)22-14-28-19(15-30-24(28)26-22)12-13-27(18-10-11-18)23(29)20-4-2-3-5-21(20)25/h2-9,14-15,18H,10-13H2,1H3. The first-order chi connectivity index (χ1) is 14.6. The Labute approximate surface area is 178 Å². The highest BCUT2D eigenvalue weighted by Gasteiger charge is 2.33. The lowest BCUT2D eigenvalue weighted by Gasteiger charge is -2.22. The number of benzene rings is 2. The van der Waals surface area contributed by atoms with Crippen LogP contribution in [0.15, 0.2) is 60.1 Å². The average molecular weight is 420 g/mol. The van der Waals surface area contributed by atoms with E-state index in [0.717, 1.165) is 34.8 Å². The van der Waals surface area contributed by atoms with E-state index in [0.29, 0.717) is 13.0 Å². The molecule has 0 N–H and O–H groups in total. The number of thiazole rings is 1. The largest absolute Gasteiger partial charge is 0.335 e. The zero-order valence-corrected chi connectivity index (χ0v) is 17.5. The number of carbonyl (C=O) groups is 1. The molecular formula is C24H22FN3OS. The van der Waals surface area contributed by atoms with Crippen molar-refractivity contribution in [3.8, 4) is 11.3 Å². The minimum atomic E-state index is -0.455. The number of nitrogens with zero attached hydrogens (tertiary/aromatic N) is 3. The molecule has 4 aromatic rings. The molecule has 1 amide bonds. The van der Waals surface area contributed by atoms with Crippen LogP contribution >= 0.6 is 11.3 Å². The highest BCUT2D eigenvalue weighted by atomic mass is 32.1. The fourth-order valence-electron chi connectivity index (χ4n) is 3.73. The average Bonchev–Trinajstić information content (AvgIpc) is 3.38. The third kappa shape index (κ3) is 3.63. The lowest BCUT2D eigenvalue weighted by atomic mass is 10.1. The number of rotatable bonds is 6. The molecule has 1 saturated carbocycles. The lowest BCUT2D eigenvalue weighted by Crippen LogP contribution is -2.35. The molecule has 0 radical (unpaired) electrons. The van der Waals surface area contributed by atoms with E-state index in [1.807, 2.05) is 4.90 Å². The zero-order chi connectivity index (χ0) is 20.7. The minimum absolute atomic E-state index is 0.157. The molecule has 30 heavy (non-hydrogen) atoms. The summed E-state index contributed by atoms with van der Waals surface area (Å²) in [5.41, 5.74) is 4.54. The van der Waals surface area contributed by atoms with E-state index in [-0.39, 0.29) is 17.5 Å². The third-order valence-corrected chi connectivity index (χ3v) is 6.48. The molecule has 0 saturated heterocycles. The van der Waals surface area contributed by atoms with Crippen LogP contribution in [0.5, 0.6) is 0 Å². The van der Waals surface area contributed by atoms with Crippen molar-refractivity contribution in [2.24, 2.45) is 0 Å². The Kier molecular flexibility index (Phi) is 4.87. The van der Waals surface area contributed by atoms with E-state index in [9.17, 15) is 9.18 Å². The van der Waals surface area contributed by atoms with Gasteiger partial charge in [0.15, 0.2) is 4.96 Å². The molecule has 1 aliphatic rings. The minimum Gasteiger partial charge on any atom is -0.335 e. The van der Waals surface area contributed by atoms with Crippen molar-refractivity contribution >= 4 is 22.2 Å². The quantitative estimate of drug-likeness (QED) is 0.422. The Morgan fingerprint density at radius 1 is 1.20 bits per heavy atom. The number of aromatic nitrogens is 2. The van der Waals surface area contributed by atoms with E-state index < -0.39 is 5.82 Å². The van der Waals surface area contributed by atoms with Crippen molar-refractivity contribution in [1.29, 1.82) is 0 Å². The van der Waals surface area contributed by atoms with Gasteiger partial charge < -0.3 is 4.90 Å². The first kappa shape index (κ1) is 19.0. The van der Waals surface area contributed by atoms with Gasteiger partial charge >= 0.3 is 0 Å². The van der Waals surface area contributed by atoms with Gasteiger partial charge in [-0.25, -0.2) is 9.37 Å². The predicted molar refractivity (Wildman–Crippen MR) is 117 cm³/mol. The van der Waals surface area contributed by atoms with Gasteiger partial charge in [0.1, 0.15) is 5.82 Å². The summed E-state index contributed by atoms with van der Waals surface area (Å²) >= 11 is 1.60. The van der Waals surface area contributed by atoms with Crippen molar-refractivity contribution in [3.63, 3.8) is 0 Å². The molecule has 2 heterocycles. The fraction of sp³-hybridized carbons (Fsp3) is 0.250. The van der Waals surface area contributed by atoms with Crippen molar-refractivity contribution < 1.29 is 9.18 Å². The molecule has 0 aliphatic heterocycles. The molecule has 4 nitrogen and oxygen atoms in total. The Bertz CT molecular complexity index is 1210. The van der Waals surface area contributed by atoms with Crippen LogP contribution < -0.4 is 0 Å². The Morgan fingerprint density at radius 2 is 1.97 bits per heavy atom. The summed E-state index contributed by atoms with van der Waals surface area (Å²) in [7, 11) is 0. The van der Waals surface area contributed by atoms with Gasteiger partial charge in [0.25, 0.3) is 5.91 Å². The van der Waals surface area contributed by atoms with Gasteiger partial charge in [-0.3, -0.25) is 9.20 Å². The number of imidazole rings is 1. The summed E-state index contributed by atoms with van der Waals surface area (Å²) in [5.74, 6) is -0.670. The second-order valence-corrected chi connectivity index (χ2v) is 8.67. The molecule has 5 rings (SSSR count). The van der Waals surface area contributed by atoms with Crippen molar-refractivity contribution in [3.05, 3.63) is 82.7 Å². The maximum atomic E-state index is 14.1. The third-order valence-electron chi connectivity index (χ3n) is 5.59. The molecule has 1 fully saturated rings. The molecule has 0 atom stereocenters. The van der Waals surface area contributed by atoms with E-state index in [2.05, 4.69) is 47.2 Å². The molecule has 0 bridgehead atoms. The van der Waals surface area contributed by atoms with Crippen LogP contribution in [0.3, 0.4) is 0 Å². The fourth-order valence-corrected chi connectivity index (χ4v) is 4.64. The molecule has 6 heteroatoms. The first-order valence-electron chi connectivity index (χ1n) is 10.2. The van der Waals surface area contributed by atoms with Crippen LogP contribution in [0.25, 0.3) is 16.2 Å². The van der Waals surface area contributed by atoms with Crippen LogP contribution in [-0.2, 0) is 6.42 Å². The van der Waals surface area contributed by atoms with Crippen molar-refractivity contribution in [2.75, 3.05) is 6.54 Å². The van der Waals surface area contributed by atoms with Crippen molar-refractivity contribution in [2.45, 2.75) is 32.2 Å². The SMILES string of the molecule is Cc1ccc(-c2cn3c(CCN(C(=O)c4ccccc4F)C4CC4)csc3n2)cc1. The number of fused-ring (bicyclic) bond motifs is 1. The van der Waals surface area contributed by atoms with Crippen LogP contribution in [0.2, 0.25) is 0 Å². The Hall–Kier alpha value is -2.99. The summed E-state index contributed by atoms with van der Waals surface area (Å²) in [5, 5.41) is 2.10. The Morgan fingerprint density at radius 3 is 2.70 bits per heavy atom. The highest BCUT2D eigenvalue weighted by Crippen LogP contribution is 2.30. The number of halogens is 1. The maximum Gasteiger partial charge on any atom is 0.257 e. The predicted octanol–water partition coefficient (Wildman–Crippen LogP) is 5.36. The number of hydrogen-bond acceptors (Lipinski definition) is 3. The molecule has 0 unspecified atom stereocenters. The van der Waals surface area contributed by atoms with Gasteiger partial charge in [-0.2, -0.15) is 0 Å². The second-order valence-electron chi connectivity index (χ2n) is 7.83. The number of hydrogen-bond donors (Lipinski definition) is 0. The zero-order valence-electron chi connectivity index (χ0n) is 16.7. The monoisotopic (exact) mass is 419 g/mol. The number of carbonyl (C=O) groups excluding carboxylic acids is 1. The normalized spacial score (nSPS) is 13.7. The second kappa shape index (κ2) is 7.69. The summed E-state index contributed by atoms with van der Waals surface area (Å²) in [6, 6.07) is 14.8. The summed E-state index contributed by atoms with van der Waals surface area (Å²) < 4.78 is 16.2. The highest BCUT2D eigenvalue weighted by molar-refractivity contribution is 7.15.